The molecule has 0 bridgehead atoms. The summed E-state index contributed by atoms with van der Waals surface area (Å²) in [6, 6.07) is 6.76. The number of carbonyl (C=O) groups excluding carboxylic acids is 1. The van der Waals surface area contributed by atoms with Crippen LogP contribution in [0, 0.1) is 0 Å². The Bertz CT molecular complexity index is 794. The van der Waals surface area contributed by atoms with E-state index in [1.807, 2.05) is 0 Å². The Labute approximate surface area is 134 Å². The quantitative estimate of drug-likeness (QED) is 0.782. The summed E-state index contributed by atoms with van der Waals surface area (Å²) in [6.07, 6.45) is 1.29. The molecular formula is C12H9BrClN3O3S. The fourth-order valence-corrected chi connectivity index (χ4v) is 2.98. The Morgan fingerprint density at radius 2 is 1.90 bits per heavy atom. The van der Waals surface area contributed by atoms with Crippen molar-refractivity contribution in [1.29, 1.82) is 0 Å². The van der Waals surface area contributed by atoms with Crippen molar-refractivity contribution in [2.45, 2.75) is 4.90 Å². The van der Waals surface area contributed by atoms with E-state index in [-0.39, 0.29) is 21.3 Å². The minimum atomic E-state index is -3.79. The van der Waals surface area contributed by atoms with Gasteiger partial charge in [-0.2, -0.15) is 0 Å². The van der Waals surface area contributed by atoms with Crippen molar-refractivity contribution in [2.75, 3.05) is 4.72 Å². The molecule has 2 rings (SSSR count). The molecule has 21 heavy (non-hydrogen) atoms. The molecule has 2 aromatic rings. The van der Waals surface area contributed by atoms with E-state index in [0.29, 0.717) is 4.47 Å². The number of sulfonamides is 1. The van der Waals surface area contributed by atoms with Crippen LogP contribution >= 0.6 is 27.5 Å². The predicted octanol–water partition coefficient (Wildman–Crippen LogP) is 2.40. The minimum absolute atomic E-state index is 0.00132. The maximum atomic E-state index is 12.2. The summed E-state index contributed by atoms with van der Waals surface area (Å²) in [5, 5.41) is 0.226. The third-order valence-corrected chi connectivity index (χ3v) is 5.03. The highest BCUT2D eigenvalue weighted by Gasteiger charge is 2.15. The zero-order valence-corrected chi connectivity index (χ0v) is 13.5. The first kappa shape index (κ1) is 15.7. The number of aromatic nitrogens is 1. The second kappa shape index (κ2) is 6.00. The highest BCUT2D eigenvalue weighted by Crippen LogP contribution is 2.24. The number of hydrogen-bond donors (Lipinski definition) is 2. The Balaban J connectivity index is 2.29. The lowest BCUT2D eigenvalue weighted by Crippen LogP contribution is -2.14. The van der Waals surface area contributed by atoms with Gasteiger partial charge >= 0.3 is 0 Å². The molecule has 0 aliphatic rings. The molecule has 0 aliphatic carbocycles. The van der Waals surface area contributed by atoms with E-state index in [1.165, 1.54) is 36.5 Å². The first-order valence-electron chi connectivity index (χ1n) is 5.53. The van der Waals surface area contributed by atoms with E-state index in [4.69, 9.17) is 17.3 Å². The lowest BCUT2D eigenvalue weighted by Gasteiger charge is -2.08. The smallest absolute Gasteiger partial charge is 0.261 e. The summed E-state index contributed by atoms with van der Waals surface area (Å²) in [5.74, 6) is -0.627. The molecule has 1 amide bonds. The van der Waals surface area contributed by atoms with Crippen LogP contribution in [0.5, 0.6) is 0 Å². The number of nitrogens with one attached hydrogen (secondary N) is 1. The van der Waals surface area contributed by atoms with Crippen LogP contribution in [-0.4, -0.2) is 19.3 Å². The molecule has 0 aliphatic heterocycles. The van der Waals surface area contributed by atoms with Crippen LogP contribution in [0.15, 0.2) is 45.9 Å². The standard InChI is InChI=1S/C12H9BrClN3O3S/c13-10-5-8(6-16-11(10)14)17-21(19,20)9-3-1-7(2-4-9)12(15)18/h1-6,17H,(H2,15,18). The normalized spacial score (nSPS) is 11.1. The van der Waals surface area contributed by atoms with Gasteiger partial charge in [0.25, 0.3) is 10.0 Å². The number of pyridine rings is 1. The average Bonchev–Trinajstić information content (AvgIpc) is 2.43. The second-order valence-electron chi connectivity index (χ2n) is 3.99. The number of halogens is 2. The summed E-state index contributed by atoms with van der Waals surface area (Å²) < 4.78 is 27.2. The molecule has 0 atom stereocenters. The van der Waals surface area contributed by atoms with Crippen molar-refractivity contribution in [3.63, 3.8) is 0 Å². The van der Waals surface area contributed by atoms with E-state index < -0.39 is 15.9 Å². The molecule has 0 fully saturated rings. The SMILES string of the molecule is NC(=O)c1ccc(S(=O)(=O)Nc2cnc(Cl)c(Br)c2)cc1. The van der Waals surface area contributed by atoms with E-state index in [0.717, 1.165) is 0 Å². The molecule has 0 saturated heterocycles. The van der Waals surface area contributed by atoms with Crippen LogP contribution in [0.1, 0.15) is 10.4 Å². The Kier molecular flexibility index (Phi) is 4.50. The van der Waals surface area contributed by atoms with Crippen LogP contribution in [0.3, 0.4) is 0 Å². The van der Waals surface area contributed by atoms with Crippen molar-refractivity contribution in [2.24, 2.45) is 5.73 Å². The van der Waals surface area contributed by atoms with Gasteiger partial charge in [0.2, 0.25) is 5.91 Å². The van der Waals surface area contributed by atoms with Gasteiger partial charge in [-0.25, -0.2) is 13.4 Å². The predicted molar refractivity (Wildman–Crippen MR) is 82.7 cm³/mol. The fourth-order valence-electron chi connectivity index (χ4n) is 1.49. The maximum Gasteiger partial charge on any atom is 0.261 e. The van der Waals surface area contributed by atoms with Gasteiger partial charge < -0.3 is 5.73 Å². The van der Waals surface area contributed by atoms with Crippen molar-refractivity contribution in [3.05, 3.63) is 51.7 Å². The highest BCUT2D eigenvalue weighted by atomic mass is 79.9. The van der Waals surface area contributed by atoms with Gasteiger partial charge in [-0.05, 0) is 46.3 Å². The number of hydrogen-bond acceptors (Lipinski definition) is 4. The molecule has 3 N–H and O–H groups in total. The topological polar surface area (TPSA) is 102 Å². The van der Waals surface area contributed by atoms with Crippen LogP contribution in [0.25, 0.3) is 0 Å². The first-order chi connectivity index (χ1) is 9.79. The summed E-state index contributed by atoms with van der Waals surface area (Å²) in [6.45, 7) is 0. The minimum Gasteiger partial charge on any atom is -0.366 e. The largest absolute Gasteiger partial charge is 0.366 e. The van der Waals surface area contributed by atoms with Gasteiger partial charge in [0.15, 0.2) is 0 Å². The first-order valence-corrected chi connectivity index (χ1v) is 8.19. The zero-order valence-electron chi connectivity index (χ0n) is 10.4. The second-order valence-corrected chi connectivity index (χ2v) is 6.89. The number of nitrogens with two attached hydrogens (primary N) is 1. The van der Waals surface area contributed by atoms with Gasteiger partial charge in [-0.3, -0.25) is 9.52 Å². The van der Waals surface area contributed by atoms with Crippen molar-refractivity contribution >= 4 is 49.1 Å². The fraction of sp³-hybridized carbons (Fsp3) is 0. The van der Waals surface area contributed by atoms with Gasteiger partial charge in [0.1, 0.15) is 5.15 Å². The van der Waals surface area contributed by atoms with Crippen LogP contribution in [-0.2, 0) is 10.0 Å². The average molecular weight is 391 g/mol. The van der Waals surface area contributed by atoms with Crippen molar-refractivity contribution in [3.8, 4) is 0 Å². The number of carbonyl (C=O) groups is 1. The number of anilines is 1. The monoisotopic (exact) mass is 389 g/mol. The third kappa shape index (κ3) is 3.72. The van der Waals surface area contributed by atoms with E-state index >= 15 is 0 Å². The highest BCUT2D eigenvalue weighted by molar-refractivity contribution is 9.10. The van der Waals surface area contributed by atoms with E-state index in [1.54, 1.807) is 0 Å². The summed E-state index contributed by atoms with van der Waals surface area (Å²) in [5.41, 5.74) is 5.58. The van der Waals surface area contributed by atoms with E-state index in [2.05, 4.69) is 25.6 Å². The maximum absolute atomic E-state index is 12.2. The summed E-state index contributed by atoms with van der Waals surface area (Å²) >= 11 is 8.89. The molecule has 0 saturated carbocycles. The summed E-state index contributed by atoms with van der Waals surface area (Å²) in [7, 11) is -3.79. The van der Waals surface area contributed by atoms with Gasteiger partial charge in [-0.1, -0.05) is 11.6 Å². The van der Waals surface area contributed by atoms with Crippen LogP contribution in [0.4, 0.5) is 5.69 Å². The molecule has 1 aromatic carbocycles. The number of primary amides is 1. The number of nitrogens with zero attached hydrogens (tertiary/aromatic N) is 1. The molecule has 110 valence electrons. The number of amides is 1. The lowest BCUT2D eigenvalue weighted by molar-refractivity contribution is 0.1000. The van der Waals surface area contributed by atoms with Gasteiger partial charge in [-0.15, -0.1) is 0 Å². The van der Waals surface area contributed by atoms with Crippen LogP contribution in [0.2, 0.25) is 5.15 Å². The van der Waals surface area contributed by atoms with Crippen molar-refractivity contribution < 1.29 is 13.2 Å². The zero-order chi connectivity index (χ0) is 15.6. The molecule has 0 radical (unpaired) electrons. The number of rotatable bonds is 4. The Morgan fingerprint density at radius 3 is 2.43 bits per heavy atom. The number of benzene rings is 1. The van der Waals surface area contributed by atoms with Gasteiger partial charge in [0, 0.05) is 5.56 Å². The third-order valence-electron chi connectivity index (χ3n) is 2.50. The van der Waals surface area contributed by atoms with Crippen molar-refractivity contribution in [1.82, 2.24) is 4.98 Å². The molecule has 1 aromatic heterocycles. The molecule has 9 heteroatoms. The summed E-state index contributed by atoms with van der Waals surface area (Å²) in [4.78, 5) is 14.8. The van der Waals surface area contributed by atoms with E-state index in [9.17, 15) is 13.2 Å². The molecule has 6 nitrogen and oxygen atoms in total. The molecule has 0 unspecified atom stereocenters. The molecular weight excluding hydrogens is 382 g/mol. The molecule has 0 spiro atoms. The Hall–Kier alpha value is -1.64. The Morgan fingerprint density at radius 1 is 1.29 bits per heavy atom. The van der Waals surface area contributed by atoms with Gasteiger partial charge in [0.05, 0.1) is 21.3 Å². The van der Waals surface area contributed by atoms with Crippen LogP contribution < -0.4 is 10.5 Å². The lowest BCUT2D eigenvalue weighted by atomic mass is 10.2. The molecule has 1 heterocycles.